The Bertz CT molecular complexity index is 1410. The number of ether oxygens (including phenoxy) is 1. The second-order valence-corrected chi connectivity index (χ2v) is 7.93. The van der Waals surface area contributed by atoms with Gasteiger partial charge in [0, 0.05) is 17.7 Å². The molecule has 0 bridgehead atoms. The highest BCUT2D eigenvalue weighted by Crippen LogP contribution is 2.33. The Morgan fingerprint density at radius 1 is 1.12 bits per heavy atom. The maximum absolute atomic E-state index is 12.5. The molecule has 0 radical (unpaired) electrons. The zero-order valence-corrected chi connectivity index (χ0v) is 19.0. The number of carbonyl (C=O) groups is 2. The lowest BCUT2D eigenvalue weighted by Crippen LogP contribution is -2.20. The summed E-state index contributed by atoms with van der Waals surface area (Å²) in [6.07, 6.45) is 2.57. The van der Waals surface area contributed by atoms with Crippen LogP contribution in [0.3, 0.4) is 0 Å². The van der Waals surface area contributed by atoms with Crippen LogP contribution in [0.1, 0.15) is 21.7 Å². The van der Waals surface area contributed by atoms with Gasteiger partial charge in [0.25, 0.3) is 5.69 Å². The highest BCUT2D eigenvalue weighted by molar-refractivity contribution is 9.10. The fourth-order valence-electron chi connectivity index (χ4n) is 3.28. The molecule has 4 rings (SSSR count). The second-order valence-electron chi connectivity index (χ2n) is 7.08. The minimum Gasteiger partial charge on any atom is -0.457 e. The molecule has 0 atom stereocenters. The minimum atomic E-state index is -0.797. The molecule has 0 aliphatic rings. The SMILES string of the molecule is O=C(Cc1cccc2ccccc12)N/N=C/c1cc([N+](=O)[O-])cc(Br)c1OC(=O)c1ccco1. The molecule has 0 fully saturated rings. The zero-order chi connectivity index (χ0) is 24.1. The molecule has 0 unspecified atom stereocenters. The maximum Gasteiger partial charge on any atom is 0.379 e. The Hall–Kier alpha value is -4.31. The number of amides is 1. The van der Waals surface area contributed by atoms with Gasteiger partial charge in [0.05, 0.1) is 28.3 Å². The number of nitro groups is 1. The maximum atomic E-state index is 12.5. The quantitative estimate of drug-likeness (QED) is 0.120. The summed E-state index contributed by atoms with van der Waals surface area (Å²) in [5, 5.41) is 17.1. The van der Waals surface area contributed by atoms with Gasteiger partial charge in [-0.3, -0.25) is 14.9 Å². The van der Waals surface area contributed by atoms with E-state index in [1.165, 1.54) is 36.7 Å². The van der Waals surface area contributed by atoms with E-state index in [0.29, 0.717) is 0 Å². The van der Waals surface area contributed by atoms with Crippen LogP contribution in [0.2, 0.25) is 0 Å². The Morgan fingerprint density at radius 3 is 2.68 bits per heavy atom. The number of non-ortho nitro benzene ring substituents is 1. The van der Waals surface area contributed by atoms with E-state index in [2.05, 4.69) is 26.5 Å². The van der Waals surface area contributed by atoms with Crippen LogP contribution in [0, 0.1) is 10.1 Å². The molecule has 4 aromatic rings. The van der Waals surface area contributed by atoms with Crippen LogP contribution in [0.5, 0.6) is 5.75 Å². The van der Waals surface area contributed by atoms with Gasteiger partial charge in [-0.25, -0.2) is 10.2 Å². The van der Waals surface area contributed by atoms with E-state index in [4.69, 9.17) is 9.15 Å². The van der Waals surface area contributed by atoms with Crippen molar-refractivity contribution in [2.45, 2.75) is 6.42 Å². The van der Waals surface area contributed by atoms with E-state index < -0.39 is 10.9 Å². The zero-order valence-electron chi connectivity index (χ0n) is 17.4. The van der Waals surface area contributed by atoms with Crippen molar-refractivity contribution < 1.29 is 23.7 Å². The summed E-state index contributed by atoms with van der Waals surface area (Å²) >= 11 is 3.18. The van der Waals surface area contributed by atoms with Crippen molar-refractivity contribution in [1.29, 1.82) is 0 Å². The van der Waals surface area contributed by atoms with Crippen molar-refractivity contribution in [2.75, 3.05) is 0 Å². The first-order valence-corrected chi connectivity index (χ1v) is 10.7. The molecule has 34 heavy (non-hydrogen) atoms. The predicted octanol–water partition coefficient (Wildman–Crippen LogP) is 5.02. The normalized spacial score (nSPS) is 11.0. The average Bonchev–Trinajstić information content (AvgIpc) is 3.36. The van der Waals surface area contributed by atoms with E-state index in [-0.39, 0.29) is 39.6 Å². The van der Waals surface area contributed by atoms with Crippen LogP contribution < -0.4 is 10.2 Å². The van der Waals surface area contributed by atoms with Crippen molar-refractivity contribution in [2.24, 2.45) is 5.10 Å². The van der Waals surface area contributed by atoms with Gasteiger partial charge < -0.3 is 9.15 Å². The summed E-state index contributed by atoms with van der Waals surface area (Å²) < 4.78 is 10.5. The van der Waals surface area contributed by atoms with Crippen LogP contribution in [0.25, 0.3) is 10.8 Å². The van der Waals surface area contributed by atoms with E-state index in [9.17, 15) is 19.7 Å². The monoisotopic (exact) mass is 521 g/mol. The number of hydrogen-bond acceptors (Lipinski definition) is 7. The smallest absolute Gasteiger partial charge is 0.379 e. The number of furan rings is 1. The minimum absolute atomic E-state index is 0.0148. The first-order chi connectivity index (χ1) is 16.4. The van der Waals surface area contributed by atoms with Gasteiger partial charge in [-0.2, -0.15) is 5.10 Å². The summed E-state index contributed by atoms with van der Waals surface area (Å²) in [7, 11) is 0. The highest BCUT2D eigenvalue weighted by Gasteiger charge is 2.20. The third-order valence-corrected chi connectivity index (χ3v) is 5.40. The van der Waals surface area contributed by atoms with Crippen LogP contribution in [0.4, 0.5) is 5.69 Å². The number of fused-ring (bicyclic) bond motifs is 1. The number of nitrogens with one attached hydrogen (secondary N) is 1. The molecule has 0 aliphatic heterocycles. The topological polar surface area (TPSA) is 124 Å². The molecule has 0 saturated heterocycles. The number of nitro benzene ring substituents is 1. The number of esters is 1. The van der Waals surface area contributed by atoms with Gasteiger partial charge >= 0.3 is 5.97 Å². The molecule has 0 aliphatic carbocycles. The van der Waals surface area contributed by atoms with E-state index in [1.54, 1.807) is 0 Å². The van der Waals surface area contributed by atoms with E-state index in [1.807, 2.05) is 42.5 Å². The molecular formula is C24H16BrN3O6. The summed E-state index contributed by atoms with van der Waals surface area (Å²) in [6.45, 7) is 0. The molecular weight excluding hydrogens is 506 g/mol. The molecule has 1 N–H and O–H groups in total. The van der Waals surface area contributed by atoms with Gasteiger partial charge in [-0.05, 0) is 44.4 Å². The number of carbonyl (C=O) groups excluding carboxylic acids is 2. The van der Waals surface area contributed by atoms with E-state index >= 15 is 0 Å². The Kier molecular flexibility index (Phi) is 6.79. The molecule has 1 amide bonds. The fourth-order valence-corrected chi connectivity index (χ4v) is 3.82. The van der Waals surface area contributed by atoms with Crippen molar-refractivity contribution in [3.05, 3.63) is 104 Å². The van der Waals surface area contributed by atoms with Gasteiger partial charge in [-0.15, -0.1) is 0 Å². The van der Waals surface area contributed by atoms with Crippen LogP contribution in [-0.4, -0.2) is 23.0 Å². The van der Waals surface area contributed by atoms with Crippen LogP contribution in [-0.2, 0) is 11.2 Å². The Balaban J connectivity index is 1.54. The lowest BCUT2D eigenvalue weighted by Gasteiger charge is -2.09. The van der Waals surface area contributed by atoms with Crippen molar-refractivity contribution >= 4 is 50.5 Å². The van der Waals surface area contributed by atoms with Crippen LogP contribution in [0.15, 0.2) is 87.0 Å². The molecule has 0 saturated carbocycles. The first kappa shape index (κ1) is 22.9. The van der Waals surface area contributed by atoms with Gasteiger partial charge in [0.1, 0.15) is 0 Å². The van der Waals surface area contributed by atoms with Gasteiger partial charge in [-0.1, -0.05) is 42.5 Å². The number of halogens is 1. The molecule has 9 nitrogen and oxygen atoms in total. The molecule has 170 valence electrons. The first-order valence-electron chi connectivity index (χ1n) is 9.94. The fraction of sp³-hybridized carbons (Fsp3) is 0.0417. The average molecular weight is 522 g/mol. The third-order valence-electron chi connectivity index (χ3n) is 4.81. The largest absolute Gasteiger partial charge is 0.457 e. The Labute approximate surface area is 201 Å². The molecule has 1 aromatic heterocycles. The van der Waals surface area contributed by atoms with E-state index in [0.717, 1.165) is 16.3 Å². The highest BCUT2D eigenvalue weighted by atomic mass is 79.9. The van der Waals surface area contributed by atoms with Gasteiger partial charge in [0.15, 0.2) is 5.75 Å². The standard InChI is InChI=1S/C24H16BrN3O6/c25-20-13-18(28(31)32)11-17(23(20)34-24(30)21-9-4-10-33-21)14-26-27-22(29)12-16-7-3-6-15-5-1-2-8-19(15)16/h1-11,13-14H,12H2,(H,27,29)/b26-14+. The lowest BCUT2D eigenvalue weighted by atomic mass is 10.0. The third kappa shape index (κ3) is 5.18. The summed E-state index contributed by atoms with van der Waals surface area (Å²) in [5.74, 6) is -1.24. The summed E-state index contributed by atoms with van der Waals surface area (Å²) in [5.41, 5.74) is 3.08. The van der Waals surface area contributed by atoms with Crippen molar-refractivity contribution in [3.63, 3.8) is 0 Å². The van der Waals surface area contributed by atoms with Crippen molar-refractivity contribution in [1.82, 2.24) is 5.43 Å². The number of nitrogens with zero attached hydrogens (tertiary/aromatic N) is 2. The molecule has 3 aromatic carbocycles. The number of hydrazone groups is 1. The predicted molar refractivity (Wildman–Crippen MR) is 128 cm³/mol. The molecule has 0 spiro atoms. The number of rotatable bonds is 7. The van der Waals surface area contributed by atoms with Crippen LogP contribution >= 0.6 is 15.9 Å². The Morgan fingerprint density at radius 2 is 1.91 bits per heavy atom. The molecule has 10 heteroatoms. The number of benzene rings is 3. The van der Waals surface area contributed by atoms with Crippen molar-refractivity contribution in [3.8, 4) is 5.75 Å². The summed E-state index contributed by atoms with van der Waals surface area (Å²) in [6, 6.07) is 18.7. The lowest BCUT2D eigenvalue weighted by molar-refractivity contribution is -0.385. The van der Waals surface area contributed by atoms with Gasteiger partial charge in [0.2, 0.25) is 11.7 Å². The summed E-state index contributed by atoms with van der Waals surface area (Å²) in [4.78, 5) is 35.4. The second kappa shape index (κ2) is 10.1. The molecule has 1 heterocycles. The number of hydrogen-bond donors (Lipinski definition) is 1.